The number of methoxy groups -OCH3 is 1. The minimum absolute atomic E-state index is 0.0142. The second-order valence-electron chi connectivity index (χ2n) is 7.33. The molecule has 4 atom stereocenters. The molecule has 2 aliphatic heterocycles. The second-order valence-corrected chi connectivity index (χ2v) is 7.33. The van der Waals surface area contributed by atoms with Gasteiger partial charge in [-0.25, -0.2) is 0 Å². The van der Waals surface area contributed by atoms with Gasteiger partial charge >= 0.3 is 0 Å². The quantitative estimate of drug-likeness (QED) is 0.794. The average Bonchev–Trinajstić information content (AvgIpc) is 2.83. The number of likely N-dealkylation sites (tertiary alicyclic amines) is 1. The third-order valence-corrected chi connectivity index (χ3v) is 6.59. The van der Waals surface area contributed by atoms with Crippen LogP contribution in [0.25, 0.3) is 0 Å². The van der Waals surface area contributed by atoms with Gasteiger partial charge in [-0.2, -0.15) is 0 Å². The summed E-state index contributed by atoms with van der Waals surface area (Å²) in [5, 5.41) is 0. The zero-order valence-corrected chi connectivity index (χ0v) is 13.1. The molecular weight excluding hydrogens is 278 g/mol. The molecule has 0 amide bonds. The van der Waals surface area contributed by atoms with E-state index < -0.39 is 0 Å². The first-order chi connectivity index (χ1) is 10.6. The van der Waals surface area contributed by atoms with Crippen LogP contribution >= 0.6 is 0 Å². The summed E-state index contributed by atoms with van der Waals surface area (Å²) >= 11 is 0. The van der Waals surface area contributed by atoms with Crippen molar-refractivity contribution in [1.29, 1.82) is 0 Å². The zero-order chi connectivity index (χ0) is 15.1. The highest BCUT2D eigenvalue weighted by Crippen LogP contribution is 2.63. The molecule has 0 aromatic heterocycles. The van der Waals surface area contributed by atoms with E-state index in [-0.39, 0.29) is 11.5 Å². The van der Waals surface area contributed by atoms with Gasteiger partial charge in [0.15, 0.2) is 11.5 Å². The molecule has 2 fully saturated rings. The monoisotopic (exact) mass is 299 g/mol. The fourth-order valence-electron chi connectivity index (χ4n) is 5.64. The van der Waals surface area contributed by atoms with Gasteiger partial charge in [0.05, 0.1) is 7.11 Å². The molecule has 5 rings (SSSR count). The first-order valence-electron chi connectivity index (χ1n) is 8.24. The lowest BCUT2D eigenvalue weighted by molar-refractivity contribution is -0.132. The minimum Gasteiger partial charge on any atom is -0.493 e. The van der Waals surface area contributed by atoms with Crippen LogP contribution in [0.5, 0.6) is 11.5 Å². The summed E-state index contributed by atoms with van der Waals surface area (Å²) < 4.78 is 11.9. The largest absolute Gasteiger partial charge is 0.493 e. The molecule has 0 N–H and O–H groups in total. The number of carbonyl (C=O) groups excluding carboxylic acids is 1. The van der Waals surface area contributed by atoms with Crippen LogP contribution in [0.3, 0.4) is 0 Å². The number of hydrogen-bond donors (Lipinski definition) is 0. The third kappa shape index (κ3) is 1.31. The van der Waals surface area contributed by atoms with E-state index in [1.54, 1.807) is 7.11 Å². The summed E-state index contributed by atoms with van der Waals surface area (Å²) in [5.41, 5.74) is 2.82. The lowest BCUT2D eigenvalue weighted by Gasteiger charge is -2.57. The van der Waals surface area contributed by atoms with Crippen LogP contribution in [0, 0.1) is 5.92 Å². The Bertz CT molecular complexity index is 685. The maximum atomic E-state index is 12.3. The van der Waals surface area contributed by atoms with E-state index in [9.17, 15) is 4.79 Å². The highest BCUT2D eigenvalue weighted by molar-refractivity contribution is 5.82. The van der Waals surface area contributed by atoms with E-state index in [1.165, 1.54) is 11.1 Å². The Balaban J connectivity index is 1.79. The van der Waals surface area contributed by atoms with Gasteiger partial charge in [0, 0.05) is 29.9 Å². The summed E-state index contributed by atoms with van der Waals surface area (Å²) in [7, 11) is 3.90. The SMILES string of the molecule is COc1ccc2c3c1OC1CC(=O)C[C@@H]4[C@H](C2)N(C)CC[C@@]314. The van der Waals surface area contributed by atoms with Crippen molar-refractivity contribution in [2.45, 2.75) is 43.2 Å². The van der Waals surface area contributed by atoms with E-state index >= 15 is 0 Å². The van der Waals surface area contributed by atoms with E-state index in [4.69, 9.17) is 9.47 Å². The highest BCUT2D eigenvalue weighted by atomic mass is 16.5. The molecule has 1 saturated carbocycles. The molecule has 22 heavy (non-hydrogen) atoms. The molecule has 4 aliphatic rings. The number of hydrogen-bond acceptors (Lipinski definition) is 4. The van der Waals surface area contributed by atoms with Crippen LogP contribution in [-0.2, 0) is 16.6 Å². The molecule has 1 unspecified atom stereocenters. The number of likely N-dealkylation sites (N-methyl/N-ethyl adjacent to an activating group) is 1. The lowest BCUT2D eigenvalue weighted by Crippen LogP contribution is -2.64. The van der Waals surface area contributed by atoms with E-state index in [0.717, 1.165) is 30.9 Å². The Hall–Kier alpha value is -1.55. The van der Waals surface area contributed by atoms with Crippen molar-refractivity contribution >= 4 is 5.78 Å². The standard InChI is InChI=1S/C18H21NO3/c1-19-6-5-18-12-8-11(20)9-15(18)22-17-14(21-2)4-3-10(16(17)18)7-13(12)19/h3-4,12-13,15H,5-9H2,1-2H3/t12-,13+,15?,18+/m1/s1. The Labute approximate surface area is 130 Å². The van der Waals surface area contributed by atoms with Crippen LogP contribution in [0.15, 0.2) is 12.1 Å². The number of benzene rings is 1. The molecule has 0 radical (unpaired) electrons. The fraction of sp³-hybridized carbons (Fsp3) is 0.611. The normalized spacial score (nSPS) is 38.5. The Morgan fingerprint density at radius 2 is 2.18 bits per heavy atom. The smallest absolute Gasteiger partial charge is 0.165 e. The van der Waals surface area contributed by atoms with Crippen LogP contribution in [-0.4, -0.2) is 43.5 Å². The lowest BCUT2D eigenvalue weighted by atomic mass is 9.52. The Kier molecular flexibility index (Phi) is 2.38. The van der Waals surface area contributed by atoms with Crippen LogP contribution in [0.4, 0.5) is 0 Å². The van der Waals surface area contributed by atoms with Gasteiger partial charge in [0.2, 0.25) is 0 Å². The van der Waals surface area contributed by atoms with Gasteiger partial charge in [0.25, 0.3) is 0 Å². The van der Waals surface area contributed by atoms with Crippen molar-refractivity contribution in [3.63, 3.8) is 0 Å². The molecule has 1 aromatic rings. The molecule has 1 saturated heterocycles. The van der Waals surface area contributed by atoms with Gasteiger partial charge in [0.1, 0.15) is 11.9 Å². The van der Waals surface area contributed by atoms with Gasteiger partial charge in [-0.15, -0.1) is 0 Å². The first kappa shape index (κ1) is 12.9. The molecule has 1 aromatic carbocycles. The minimum atomic E-state index is 0.0142. The maximum absolute atomic E-state index is 12.3. The van der Waals surface area contributed by atoms with Gasteiger partial charge in [-0.3, -0.25) is 4.79 Å². The molecule has 116 valence electrons. The molecular formula is C18H21NO3. The van der Waals surface area contributed by atoms with Crippen LogP contribution in [0.2, 0.25) is 0 Å². The van der Waals surface area contributed by atoms with Crippen molar-refractivity contribution in [2.75, 3.05) is 20.7 Å². The van der Waals surface area contributed by atoms with Crippen molar-refractivity contribution in [1.82, 2.24) is 4.90 Å². The maximum Gasteiger partial charge on any atom is 0.165 e. The summed E-state index contributed by atoms with van der Waals surface area (Å²) in [6, 6.07) is 4.71. The first-order valence-corrected chi connectivity index (χ1v) is 8.24. The van der Waals surface area contributed by atoms with Crippen molar-refractivity contribution in [3.05, 3.63) is 23.3 Å². The topological polar surface area (TPSA) is 38.8 Å². The number of rotatable bonds is 1. The molecule has 4 heteroatoms. The number of ether oxygens (including phenoxy) is 2. The van der Waals surface area contributed by atoms with E-state index in [0.29, 0.717) is 30.6 Å². The van der Waals surface area contributed by atoms with Crippen LogP contribution in [0.1, 0.15) is 30.4 Å². The molecule has 4 nitrogen and oxygen atoms in total. The van der Waals surface area contributed by atoms with Crippen molar-refractivity contribution in [3.8, 4) is 11.5 Å². The number of carbonyl (C=O) groups is 1. The predicted molar refractivity (Wildman–Crippen MR) is 81.6 cm³/mol. The van der Waals surface area contributed by atoms with Gasteiger partial charge in [-0.05, 0) is 44.0 Å². The van der Waals surface area contributed by atoms with Crippen molar-refractivity contribution in [2.24, 2.45) is 5.92 Å². The average molecular weight is 299 g/mol. The Morgan fingerprint density at radius 3 is 3.00 bits per heavy atom. The van der Waals surface area contributed by atoms with E-state index in [2.05, 4.69) is 18.0 Å². The van der Waals surface area contributed by atoms with Gasteiger partial charge < -0.3 is 14.4 Å². The molecule has 2 heterocycles. The number of nitrogens with zero attached hydrogens (tertiary/aromatic N) is 1. The molecule has 1 spiro atoms. The fourth-order valence-corrected chi connectivity index (χ4v) is 5.64. The summed E-state index contributed by atoms with van der Waals surface area (Å²) in [5.74, 6) is 2.51. The number of Topliss-reactive ketones (excluding diaryl/α,β-unsaturated/α-hetero) is 1. The Morgan fingerprint density at radius 1 is 1.32 bits per heavy atom. The molecule has 2 bridgehead atoms. The number of ketones is 1. The van der Waals surface area contributed by atoms with E-state index in [1.807, 2.05) is 6.07 Å². The van der Waals surface area contributed by atoms with Crippen LogP contribution < -0.4 is 9.47 Å². The summed E-state index contributed by atoms with van der Waals surface area (Å²) in [4.78, 5) is 14.8. The second kappa shape index (κ2) is 4.05. The predicted octanol–water partition coefficient (Wildman–Crippen LogP) is 1.93. The highest BCUT2D eigenvalue weighted by Gasteiger charge is 2.64. The summed E-state index contributed by atoms with van der Waals surface area (Å²) in [6.45, 7) is 1.09. The zero-order valence-electron chi connectivity index (χ0n) is 13.1. The molecule has 2 aliphatic carbocycles. The summed E-state index contributed by atoms with van der Waals surface area (Å²) in [6.07, 6.45) is 3.41. The van der Waals surface area contributed by atoms with Gasteiger partial charge in [-0.1, -0.05) is 6.07 Å². The van der Waals surface area contributed by atoms with Crippen molar-refractivity contribution < 1.29 is 14.3 Å². The number of piperidine rings is 1. The third-order valence-electron chi connectivity index (χ3n) is 6.59.